The van der Waals surface area contributed by atoms with Crippen LogP contribution in [0.4, 0.5) is 0 Å². The monoisotopic (exact) mass is 476 g/mol. The number of rotatable bonds is 6. The Kier molecular flexibility index (Phi) is 5.82. The van der Waals surface area contributed by atoms with Crippen LogP contribution in [-0.4, -0.2) is 15.3 Å². The Labute approximate surface area is 200 Å². The van der Waals surface area contributed by atoms with Crippen LogP contribution in [0.2, 0.25) is 10.0 Å². The molecule has 5 rings (SSSR count). The van der Waals surface area contributed by atoms with Crippen molar-refractivity contribution in [3.05, 3.63) is 101 Å². The number of aromatic hydroxyl groups is 1. The zero-order valence-corrected chi connectivity index (χ0v) is 18.8. The van der Waals surface area contributed by atoms with E-state index in [1.165, 1.54) is 6.07 Å². The summed E-state index contributed by atoms with van der Waals surface area (Å²) in [6, 6.07) is 24.2. The van der Waals surface area contributed by atoms with E-state index in [0.29, 0.717) is 44.1 Å². The van der Waals surface area contributed by atoms with E-state index >= 15 is 0 Å². The van der Waals surface area contributed by atoms with Gasteiger partial charge in [-0.2, -0.15) is 5.10 Å². The number of hydrogen-bond donors (Lipinski definition) is 2. The highest BCUT2D eigenvalue weighted by atomic mass is 35.5. The number of nitrogens with one attached hydrogen (secondary N) is 1. The summed E-state index contributed by atoms with van der Waals surface area (Å²) >= 11 is 12.4. The molecule has 0 spiro atoms. The lowest BCUT2D eigenvalue weighted by Crippen LogP contribution is -1.97. The number of fused-ring (bicyclic) bond motifs is 1. The van der Waals surface area contributed by atoms with Crippen LogP contribution in [0, 0.1) is 0 Å². The van der Waals surface area contributed by atoms with Gasteiger partial charge in [0.15, 0.2) is 5.75 Å². The van der Waals surface area contributed by atoms with Crippen molar-refractivity contribution >= 4 is 34.0 Å². The summed E-state index contributed by atoms with van der Waals surface area (Å²) in [7, 11) is 0. The third kappa shape index (κ3) is 4.46. The lowest BCUT2D eigenvalue weighted by molar-refractivity contribution is 0.304. The van der Waals surface area contributed by atoms with Gasteiger partial charge in [-0.05, 0) is 47.2 Å². The van der Waals surface area contributed by atoms with Gasteiger partial charge >= 0.3 is 0 Å². The van der Waals surface area contributed by atoms with Gasteiger partial charge in [0.25, 0.3) is 0 Å². The molecule has 0 aliphatic heterocycles. The summed E-state index contributed by atoms with van der Waals surface area (Å²) in [6.07, 6.45) is 1.58. The van der Waals surface area contributed by atoms with E-state index in [1.54, 1.807) is 36.5 Å². The van der Waals surface area contributed by atoms with Crippen LogP contribution in [0.25, 0.3) is 22.0 Å². The molecule has 164 valence electrons. The number of benzene rings is 4. The number of nitrogens with zero attached hydrogens (tertiary/aromatic N) is 1. The van der Waals surface area contributed by atoms with Crippen molar-refractivity contribution in [2.45, 2.75) is 6.61 Å². The molecule has 5 aromatic rings. The summed E-state index contributed by atoms with van der Waals surface area (Å²) in [6.45, 7) is 0.178. The predicted octanol–water partition coefficient (Wildman–Crippen LogP) is 7.61. The van der Waals surface area contributed by atoms with E-state index in [2.05, 4.69) is 10.2 Å². The normalized spacial score (nSPS) is 11.0. The summed E-state index contributed by atoms with van der Waals surface area (Å²) < 4.78 is 11.9. The standard InChI is InChI=1S/C26H18Cl2N2O3/c27-22-6-3-7-23(28)21(22)15-32-18-10-11-20(24(31)13-18)26-25(14-29-30-26)33-19-9-8-16-4-1-2-5-17(16)12-19/h1-14,31H,15H2,(H,29,30). The average Bonchev–Trinajstić information content (AvgIpc) is 3.26. The highest BCUT2D eigenvalue weighted by Crippen LogP contribution is 2.38. The molecule has 33 heavy (non-hydrogen) atoms. The molecule has 0 saturated heterocycles. The second kappa shape index (κ2) is 9.06. The second-order valence-corrected chi connectivity index (χ2v) is 8.20. The number of H-pyrrole nitrogens is 1. The predicted molar refractivity (Wildman–Crippen MR) is 131 cm³/mol. The van der Waals surface area contributed by atoms with Crippen LogP contribution < -0.4 is 9.47 Å². The Morgan fingerprint density at radius 2 is 1.58 bits per heavy atom. The number of aromatic nitrogens is 2. The molecule has 4 aromatic carbocycles. The van der Waals surface area contributed by atoms with Crippen LogP contribution in [0.3, 0.4) is 0 Å². The summed E-state index contributed by atoms with van der Waals surface area (Å²) in [4.78, 5) is 0. The largest absolute Gasteiger partial charge is 0.507 e. The molecule has 5 nitrogen and oxygen atoms in total. The van der Waals surface area contributed by atoms with E-state index in [1.807, 2.05) is 42.5 Å². The fourth-order valence-electron chi connectivity index (χ4n) is 3.54. The van der Waals surface area contributed by atoms with Crippen molar-refractivity contribution in [2.75, 3.05) is 0 Å². The van der Waals surface area contributed by atoms with E-state index in [4.69, 9.17) is 32.7 Å². The first kappa shape index (κ1) is 21.2. The first-order valence-electron chi connectivity index (χ1n) is 10.2. The van der Waals surface area contributed by atoms with Gasteiger partial charge in [-0.25, -0.2) is 0 Å². The topological polar surface area (TPSA) is 67.4 Å². The molecule has 0 unspecified atom stereocenters. The summed E-state index contributed by atoms with van der Waals surface area (Å²) in [5.74, 6) is 1.67. The summed E-state index contributed by atoms with van der Waals surface area (Å²) in [5, 5.41) is 20.9. The first-order valence-corrected chi connectivity index (χ1v) is 10.9. The van der Waals surface area contributed by atoms with Gasteiger partial charge in [0, 0.05) is 27.2 Å². The SMILES string of the molecule is Oc1cc(OCc2c(Cl)cccc2Cl)ccc1-c1[nH]ncc1Oc1ccc2ccccc2c1. The minimum atomic E-state index is 0.0189. The van der Waals surface area contributed by atoms with E-state index < -0.39 is 0 Å². The smallest absolute Gasteiger partial charge is 0.173 e. The molecule has 7 heteroatoms. The van der Waals surface area contributed by atoms with Crippen LogP contribution in [0.15, 0.2) is 85.1 Å². The van der Waals surface area contributed by atoms with E-state index in [9.17, 15) is 5.11 Å². The Bertz CT molecular complexity index is 1430. The van der Waals surface area contributed by atoms with Crippen LogP contribution in [0.5, 0.6) is 23.0 Å². The highest BCUT2D eigenvalue weighted by Gasteiger charge is 2.15. The minimum Gasteiger partial charge on any atom is -0.507 e. The molecule has 0 aliphatic carbocycles. The van der Waals surface area contributed by atoms with Gasteiger partial charge in [-0.3, -0.25) is 5.10 Å². The zero-order valence-electron chi connectivity index (χ0n) is 17.3. The Hall–Kier alpha value is -3.67. The molecule has 0 bridgehead atoms. The molecule has 0 atom stereocenters. The third-order valence-electron chi connectivity index (χ3n) is 5.24. The molecule has 0 fully saturated rings. The van der Waals surface area contributed by atoms with Crippen molar-refractivity contribution in [2.24, 2.45) is 0 Å². The van der Waals surface area contributed by atoms with E-state index in [0.717, 1.165) is 10.8 Å². The van der Waals surface area contributed by atoms with Crippen molar-refractivity contribution in [3.63, 3.8) is 0 Å². The third-order valence-corrected chi connectivity index (χ3v) is 5.94. The van der Waals surface area contributed by atoms with Crippen molar-refractivity contribution in [1.82, 2.24) is 10.2 Å². The molecule has 0 amide bonds. The number of aromatic amines is 1. The zero-order chi connectivity index (χ0) is 22.8. The van der Waals surface area contributed by atoms with Gasteiger partial charge in [0.1, 0.15) is 29.5 Å². The van der Waals surface area contributed by atoms with Crippen LogP contribution in [0.1, 0.15) is 5.56 Å². The number of ether oxygens (including phenoxy) is 2. The fourth-order valence-corrected chi connectivity index (χ4v) is 4.05. The quantitative estimate of drug-likeness (QED) is 0.264. The number of halogens is 2. The van der Waals surface area contributed by atoms with Crippen LogP contribution >= 0.6 is 23.2 Å². The molecule has 0 radical (unpaired) electrons. The molecule has 0 aliphatic rings. The van der Waals surface area contributed by atoms with Gasteiger partial charge in [-0.15, -0.1) is 0 Å². The molecular weight excluding hydrogens is 459 g/mol. The first-order chi connectivity index (χ1) is 16.1. The fraction of sp³-hybridized carbons (Fsp3) is 0.0385. The van der Waals surface area contributed by atoms with Gasteiger partial charge in [-0.1, -0.05) is 59.6 Å². The Morgan fingerprint density at radius 1 is 0.818 bits per heavy atom. The molecular formula is C26H18Cl2N2O3. The van der Waals surface area contributed by atoms with Crippen molar-refractivity contribution in [1.29, 1.82) is 0 Å². The Morgan fingerprint density at radius 3 is 2.36 bits per heavy atom. The lowest BCUT2D eigenvalue weighted by atomic mass is 10.1. The van der Waals surface area contributed by atoms with E-state index in [-0.39, 0.29) is 12.4 Å². The maximum atomic E-state index is 10.7. The van der Waals surface area contributed by atoms with Crippen LogP contribution in [-0.2, 0) is 6.61 Å². The maximum absolute atomic E-state index is 10.7. The molecule has 0 saturated carbocycles. The van der Waals surface area contributed by atoms with Crippen molar-refractivity contribution < 1.29 is 14.6 Å². The van der Waals surface area contributed by atoms with Gasteiger partial charge in [0.05, 0.1) is 6.20 Å². The Balaban J connectivity index is 1.36. The highest BCUT2D eigenvalue weighted by molar-refractivity contribution is 6.35. The number of phenolic OH excluding ortho intramolecular Hbond substituents is 1. The van der Waals surface area contributed by atoms with Crippen molar-refractivity contribution in [3.8, 4) is 34.3 Å². The van der Waals surface area contributed by atoms with Gasteiger partial charge < -0.3 is 14.6 Å². The second-order valence-electron chi connectivity index (χ2n) is 7.39. The average molecular weight is 477 g/mol. The van der Waals surface area contributed by atoms with Gasteiger partial charge in [0.2, 0.25) is 0 Å². The maximum Gasteiger partial charge on any atom is 0.173 e. The molecule has 1 aromatic heterocycles. The summed E-state index contributed by atoms with van der Waals surface area (Å²) in [5.41, 5.74) is 1.77. The molecule has 1 heterocycles. The molecule has 2 N–H and O–H groups in total. The lowest BCUT2D eigenvalue weighted by Gasteiger charge is -2.12. The number of phenols is 1. The minimum absolute atomic E-state index is 0.0189. The number of hydrogen-bond acceptors (Lipinski definition) is 4.